The molecular weight excluding hydrogens is 447 g/mol. The Morgan fingerprint density at radius 1 is 0.906 bits per heavy atom. The molecule has 0 saturated heterocycles. The maximum absolute atomic E-state index is 13.6. The first kappa shape index (κ1) is 23.6. The molecule has 0 bridgehead atoms. The maximum atomic E-state index is 13.6. The third-order valence-corrected chi connectivity index (χ3v) is 6.52. The summed E-state index contributed by atoms with van der Waals surface area (Å²) in [7, 11) is -2.70. The van der Waals surface area contributed by atoms with Crippen LogP contribution in [0.4, 0.5) is 0 Å². The van der Waals surface area contributed by atoms with Crippen LogP contribution in [-0.4, -0.2) is 24.5 Å². The highest BCUT2D eigenvalue weighted by molar-refractivity contribution is 7.72. The Labute approximate surface area is 193 Å². The lowest BCUT2D eigenvalue weighted by Gasteiger charge is -2.13. The van der Waals surface area contributed by atoms with Gasteiger partial charge in [-0.15, -0.1) is 0 Å². The minimum absolute atomic E-state index is 0.0646. The molecule has 0 aliphatic heterocycles. The van der Waals surface area contributed by atoms with Gasteiger partial charge in [0.2, 0.25) is 0 Å². The Morgan fingerprint density at radius 2 is 1.59 bits per heavy atom. The van der Waals surface area contributed by atoms with Gasteiger partial charge in [0.15, 0.2) is 17.3 Å². The molecule has 0 amide bonds. The van der Waals surface area contributed by atoms with Crippen molar-refractivity contribution < 1.29 is 23.6 Å². The van der Waals surface area contributed by atoms with Gasteiger partial charge in [0.1, 0.15) is 0 Å². The molecule has 3 aromatic carbocycles. The minimum Gasteiger partial charge on any atom is -0.489 e. The van der Waals surface area contributed by atoms with E-state index in [1.165, 1.54) is 0 Å². The molecule has 0 spiro atoms. The van der Waals surface area contributed by atoms with Crippen LogP contribution < -0.4 is 14.8 Å². The number of ether oxygens (including phenoxy) is 2. The molecule has 1 atom stereocenters. The van der Waals surface area contributed by atoms with Gasteiger partial charge >= 0.3 is 13.3 Å². The van der Waals surface area contributed by atoms with Crippen molar-refractivity contribution in [3.63, 3.8) is 0 Å². The van der Waals surface area contributed by atoms with Gasteiger partial charge in [0.05, 0.1) is 29.4 Å². The van der Waals surface area contributed by atoms with Crippen molar-refractivity contribution in [1.82, 2.24) is 0 Å². The van der Waals surface area contributed by atoms with Crippen molar-refractivity contribution in [2.24, 2.45) is 0 Å². The van der Waals surface area contributed by atoms with Crippen LogP contribution >= 0.6 is 19.4 Å². The Kier molecular flexibility index (Phi) is 7.79. The molecule has 0 aliphatic carbocycles. The van der Waals surface area contributed by atoms with Crippen molar-refractivity contribution in [3.8, 4) is 11.5 Å². The zero-order valence-corrected chi connectivity index (χ0v) is 19.7. The van der Waals surface area contributed by atoms with E-state index < -0.39 is 13.3 Å². The number of hydrogen-bond acceptors (Lipinski definition) is 5. The van der Waals surface area contributed by atoms with Crippen molar-refractivity contribution in [2.75, 3.05) is 13.2 Å². The quantitative estimate of drug-likeness (QED) is 0.285. The molecule has 0 fully saturated rings. The SMILES string of the molecule is CCOc1ccc(C(=O)c2ccccc2)c(OCC)c1[P+](=O)C(=O)c1c(C)cccc1Cl. The minimum atomic E-state index is -2.70. The largest absolute Gasteiger partial charge is 0.489 e. The van der Waals surface area contributed by atoms with Crippen molar-refractivity contribution in [2.45, 2.75) is 20.8 Å². The van der Waals surface area contributed by atoms with Crippen LogP contribution in [0, 0.1) is 6.92 Å². The van der Waals surface area contributed by atoms with Crippen LogP contribution in [0.5, 0.6) is 11.5 Å². The molecule has 164 valence electrons. The fourth-order valence-electron chi connectivity index (χ4n) is 3.34. The summed E-state index contributed by atoms with van der Waals surface area (Å²) in [4.78, 5) is 26.5. The van der Waals surface area contributed by atoms with E-state index in [1.807, 2.05) is 6.07 Å². The van der Waals surface area contributed by atoms with E-state index >= 15 is 0 Å². The monoisotopic (exact) mass is 469 g/mol. The van der Waals surface area contributed by atoms with Gasteiger partial charge in [-0.2, -0.15) is 0 Å². The third-order valence-electron chi connectivity index (χ3n) is 4.79. The van der Waals surface area contributed by atoms with Gasteiger partial charge in [0, 0.05) is 5.56 Å². The standard InChI is InChI=1S/C25H23ClO5P/c1-4-30-20-15-14-18(22(27)17-11-7-6-8-12-17)23(31-5-2)24(20)32(29)25(28)21-16(3)10-9-13-19(21)26/h6-15H,4-5H2,1-3H3/q+1. The molecule has 0 aromatic heterocycles. The summed E-state index contributed by atoms with van der Waals surface area (Å²) in [5, 5.41) is 0.278. The average Bonchev–Trinajstić information content (AvgIpc) is 2.79. The first-order valence-corrected chi connectivity index (χ1v) is 11.8. The number of halogens is 1. The van der Waals surface area contributed by atoms with Gasteiger partial charge in [-0.25, -0.2) is 4.79 Å². The van der Waals surface area contributed by atoms with Crippen LogP contribution in [0.2, 0.25) is 5.02 Å². The summed E-state index contributed by atoms with van der Waals surface area (Å²) in [6, 6.07) is 16.8. The molecule has 0 N–H and O–H groups in total. The third kappa shape index (κ3) is 4.74. The van der Waals surface area contributed by atoms with Gasteiger partial charge in [0.25, 0.3) is 5.30 Å². The second kappa shape index (κ2) is 10.5. The zero-order valence-electron chi connectivity index (χ0n) is 18.1. The van der Waals surface area contributed by atoms with E-state index in [4.69, 9.17) is 21.1 Å². The predicted octanol–water partition coefficient (Wildman–Crippen LogP) is 5.97. The summed E-state index contributed by atoms with van der Waals surface area (Å²) in [5.74, 6) is 0.0225. The summed E-state index contributed by atoms with van der Waals surface area (Å²) >= 11 is 6.25. The summed E-state index contributed by atoms with van der Waals surface area (Å²) in [6.45, 7) is 5.75. The summed E-state index contributed by atoms with van der Waals surface area (Å²) < 4.78 is 25.1. The summed E-state index contributed by atoms with van der Waals surface area (Å²) in [6.07, 6.45) is 0. The molecule has 5 nitrogen and oxygen atoms in total. The lowest BCUT2D eigenvalue weighted by Crippen LogP contribution is -2.18. The molecule has 3 aromatic rings. The molecule has 3 rings (SSSR count). The van der Waals surface area contributed by atoms with Crippen LogP contribution in [0.25, 0.3) is 0 Å². The smallest absolute Gasteiger partial charge is 0.466 e. The Bertz CT molecular complexity index is 1150. The normalized spacial score (nSPS) is 11.1. The van der Waals surface area contributed by atoms with Gasteiger partial charge in [-0.3, -0.25) is 4.79 Å². The highest BCUT2D eigenvalue weighted by Crippen LogP contribution is 2.40. The molecule has 0 saturated carbocycles. The molecule has 7 heteroatoms. The fourth-order valence-corrected chi connectivity index (χ4v) is 5.12. The predicted molar refractivity (Wildman–Crippen MR) is 126 cm³/mol. The van der Waals surface area contributed by atoms with E-state index in [0.29, 0.717) is 11.1 Å². The molecule has 0 radical (unpaired) electrons. The zero-order chi connectivity index (χ0) is 23.3. The van der Waals surface area contributed by atoms with E-state index in [0.717, 1.165) is 0 Å². The number of hydrogen-bond donors (Lipinski definition) is 0. The topological polar surface area (TPSA) is 69.7 Å². The van der Waals surface area contributed by atoms with E-state index in [2.05, 4.69) is 0 Å². The number of benzene rings is 3. The lowest BCUT2D eigenvalue weighted by atomic mass is 10.0. The van der Waals surface area contributed by atoms with Gasteiger partial charge < -0.3 is 9.47 Å². The lowest BCUT2D eigenvalue weighted by molar-refractivity contribution is 0.103. The number of rotatable bonds is 9. The fraction of sp³-hybridized carbons (Fsp3) is 0.200. The Balaban J connectivity index is 2.21. The number of aryl methyl sites for hydroxylation is 1. The van der Waals surface area contributed by atoms with Crippen LogP contribution in [0.3, 0.4) is 0 Å². The molecule has 1 unspecified atom stereocenters. The first-order chi connectivity index (χ1) is 15.4. The van der Waals surface area contributed by atoms with Crippen molar-refractivity contribution >= 4 is 36.0 Å². The van der Waals surface area contributed by atoms with Crippen LogP contribution in [0.15, 0.2) is 60.7 Å². The van der Waals surface area contributed by atoms with Crippen molar-refractivity contribution in [3.05, 3.63) is 87.9 Å². The molecular formula is C25H23ClO5P+. The summed E-state index contributed by atoms with van der Waals surface area (Å²) in [5.41, 5.74) is 0.808. The number of carbonyl (C=O) groups is 2. The highest BCUT2D eigenvalue weighted by Gasteiger charge is 2.43. The van der Waals surface area contributed by atoms with Gasteiger partial charge in [-0.05, 0) is 44.5 Å². The van der Waals surface area contributed by atoms with Crippen molar-refractivity contribution in [1.29, 1.82) is 0 Å². The second-order valence-corrected chi connectivity index (χ2v) is 8.73. The molecule has 32 heavy (non-hydrogen) atoms. The maximum Gasteiger partial charge on any atom is 0.466 e. The number of ketones is 1. The van der Waals surface area contributed by atoms with E-state index in [1.54, 1.807) is 75.4 Å². The number of carbonyl (C=O) groups excluding carboxylic acids is 2. The second-order valence-electron chi connectivity index (χ2n) is 6.88. The highest BCUT2D eigenvalue weighted by atomic mass is 35.5. The molecule has 0 aliphatic rings. The average molecular weight is 470 g/mol. The molecule has 0 heterocycles. The Hall–Kier alpha value is -3.01. The van der Waals surface area contributed by atoms with E-state index in [9.17, 15) is 14.2 Å². The first-order valence-electron chi connectivity index (χ1n) is 10.2. The van der Waals surface area contributed by atoms with Crippen LogP contribution in [0.1, 0.15) is 45.7 Å². The Morgan fingerprint density at radius 3 is 2.22 bits per heavy atom. The van der Waals surface area contributed by atoms with Crippen LogP contribution in [-0.2, 0) is 4.57 Å². The van der Waals surface area contributed by atoms with Gasteiger partial charge in [-0.1, -0.05) is 58.6 Å². The van der Waals surface area contributed by atoms with E-state index in [-0.39, 0.29) is 52.0 Å².